The molecule has 90 valence electrons. The molecule has 0 aromatic carbocycles. The predicted octanol–water partition coefficient (Wildman–Crippen LogP) is 3.79. The van der Waals surface area contributed by atoms with Crippen LogP contribution in [0.5, 0.6) is 0 Å². The normalized spacial score (nSPS) is 31.1. The van der Waals surface area contributed by atoms with Crippen LogP contribution in [0, 0.1) is 11.8 Å². The maximum Gasteiger partial charge on any atom is 0.222 e. The first kappa shape index (κ1) is 8.87. The first-order valence-corrected chi connectivity index (χ1v) is 6.01. The Morgan fingerprint density at radius 2 is 2.29 bits per heavy atom. The molecule has 1 aromatic rings. The van der Waals surface area contributed by atoms with E-state index < -0.39 is 18.2 Å². The maximum atomic E-state index is 7.85. The van der Waals surface area contributed by atoms with Crippen LogP contribution in [-0.4, -0.2) is 9.97 Å². The number of halogens is 1. The Hall–Kier alpha value is -1.15. The first-order valence-electron chi connectivity index (χ1n) is 7.13. The van der Waals surface area contributed by atoms with Gasteiger partial charge < -0.3 is 0 Å². The highest BCUT2D eigenvalue weighted by Gasteiger charge is 2.39. The molecule has 0 bridgehead atoms. The maximum absolute atomic E-state index is 7.85. The standard InChI is InChI=1S/C14H17ClN2/c1-10(2)14(8-5-4-6-11(14)3)12-7-9-16-13(15)17-12/h4-11H,1-3H3/i3D3. The number of aromatic nitrogens is 2. The van der Waals surface area contributed by atoms with Crippen molar-refractivity contribution in [2.75, 3.05) is 0 Å². The summed E-state index contributed by atoms with van der Waals surface area (Å²) in [5.74, 6) is -0.578. The van der Waals surface area contributed by atoms with Crippen molar-refractivity contribution in [3.63, 3.8) is 0 Å². The fraction of sp³-hybridized carbons (Fsp3) is 0.429. The molecule has 0 radical (unpaired) electrons. The van der Waals surface area contributed by atoms with Crippen molar-refractivity contribution in [1.82, 2.24) is 9.97 Å². The Labute approximate surface area is 112 Å². The fourth-order valence-corrected chi connectivity index (χ4v) is 2.47. The minimum Gasteiger partial charge on any atom is -0.227 e. The van der Waals surface area contributed by atoms with Gasteiger partial charge in [-0.15, -0.1) is 0 Å². The van der Waals surface area contributed by atoms with E-state index in [0.717, 1.165) is 0 Å². The number of nitrogens with zero attached hydrogens (tertiary/aromatic N) is 2. The summed E-state index contributed by atoms with van der Waals surface area (Å²) in [5, 5.41) is 0.134. The predicted molar refractivity (Wildman–Crippen MR) is 71.0 cm³/mol. The van der Waals surface area contributed by atoms with Crippen LogP contribution in [0.15, 0.2) is 36.6 Å². The van der Waals surface area contributed by atoms with Gasteiger partial charge in [-0.3, -0.25) is 0 Å². The Balaban J connectivity index is 2.65. The summed E-state index contributed by atoms with van der Waals surface area (Å²) < 4.78 is 23.6. The third-order valence-electron chi connectivity index (χ3n) is 3.33. The van der Waals surface area contributed by atoms with Crippen molar-refractivity contribution < 1.29 is 4.11 Å². The van der Waals surface area contributed by atoms with Gasteiger partial charge in [-0.05, 0) is 29.5 Å². The molecule has 17 heavy (non-hydrogen) atoms. The smallest absolute Gasteiger partial charge is 0.222 e. The average molecular weight is 252 g/mol. The molecule has 2 unspecified atom stereocenters. The van der Waals surface area contributed by atoms with Gasteiger partial charge in [0.05, 0.1) is 5.69 Å². The zero-order valence-corrected chi connectivity index (χ0v) is 10.6. The highest BCUT2D eigenvalue weighted by Crippen LogP contribution is 2.42. The third kappa shape index (κ3) is 2.02. The molecule has 0 saturated carbocycles. The molecule has 0 saturated heterocycles. The highest BCUT2D eigenvalue weighted by atomic mass is 35.5. The Bertz CT molecular complexity index is 552. The van der Waals surface area contributed by atoms with Gasteiger partial charge >= 0.3 is 0 Å². The van der Waals surface area contributed by atoms with Crippen molar-refractivity contribution >= 4 is 11.6 Å². The molecule has 2 atom stereocenters. The summed E-state index contributed by atoms with van der Waals surface area (Å²) in [5.41, 5.74) is -0.0544. The zero-order valence-electron chi connectivity index (χ0n) is 12.9. The molecule has 1 aromatic heterocycles. The molecule has 2 nitrogen and oxygen atoms in total. The van der Waals surface area contributed by atoms with Crippen LogP contribution in [0.1, 0.15) is 30.5 Å². The van der Waals surface area contributed by atoms with Gasteiger partial charge in [0.1, 0.15) is 0 Å². The molecular formula is C14H17ClN2. The molecule has 0 aliphatic heterocycles. The highest BCUT2D eigenvalue weighted by molar-refractivity contribution is 6.28. The van der Waals surface area contributed by atoms with E-state index in [0.29, 0.717) is 5.69 Å². The molecule has 0 spiro atoms. The quantitative estimate of drug-likeness (QED) is 0.748. The Kier molecular flexibility index (Phi) is 2.41. The van der Waals surface area contributed by atoms with E-state index in [1.54, 1.807) is 24.4 Å². The molecule has 1 heterocycles. The first-order chi connectivity index (χ1) is 9.28. The second kappa shape index (κ2) is 4.61. The van der Waals surface area contributed by atoms with Crippen molar-refractivity contribution in [1.29, 1.82) is 0 Å². The lowest BCUT2D eigenvalue weighted by Gasteiger charge is -2.40. The van der Waals surface area contributed by atoms with Crippen molar-refractivity contribution in [3.05, 3.63) is 47.5 Å². The SMILES string of the molecule is [2H]C([2H])([2H])C1C=CC=CC1(c1ccnc(Cl)n1)C(C)C. The summed E-state index contributed by atoms with van der Waals surface area (Å²) in [6.45, 7) is 1.89. The van der Waals surface area contributed by atoms with Gasteiger partial charge in [-0.2, -0.15) is 0 Å². The molecule has 1 aliphatic rings. The van der Waals surface area contributed by atoms with E-state index >= 15 is 0 Å². The minimum atomic E-state index is -2.11. The van der Waals surface area contributed by atoms with Crippen molar-refractivity contribution in [2.45, 2.75) is 26.1 Å². The topological polar surface area (TPSA) is 25.8 Å². The fourth-order valence-electron chi connectivity index (χ4n) is 2.32. The van der Waals surface area contributed by atoms with E-state index in [2.05, 4.69) is 9.97 Å². The van der Waals surface area contributed by atoms with Gasteiger partial charge in [0.25, 0.3) is 0 Å². The van der Waals surface area contributed by atoms with Gasteiger partial charge in [0, 0.05) is 15.7 Å². The van der Waals surface area contributed by atoms with Crippen LogP contribution in [0.4, 0.5) is 0 Å². The summed E-state index contributed by atoms with van der Waals surface area (Å²) in [6, 6.07) is 1.74. The van der Waals surface area contributed by atoms with Gasteiger partial charge in [-0.25, -0.2) is 9.97 Å². The molecule has 1 aliphatic carbocycles. The lowest BCUT2D eigenvalue weighted by Crippen LogP contribution is -2.38. The summed E-state index contributed by atoms with van der Waals surface area (Å²) in [7, 11) is 0. The van der Waals surface area contributed by atoms with Crippen LogP contribution in [0.2, 0.25) is 5.28 Å². The Morgan fingerprint density at radius 3 is 2.94 bits per heavy atom. The van der Waals surface area contributed by atoms with Crippen LogP contribution in [0.25, 0.3) is 0 Å². The lowest BCUT2D eigenvalue weighted by atomic mass is 9.64. The van der Waals surface area contributed by atoms with E-state index in [4.69, 9.17) is 15.7 Å². The van der Waals surface area contributed by atoms with Crippen LogP contribution < -0.4 is 0 Å². The van der Waals surface area contributed by atoms with E-state index in [-0.39, 0.29) is 11.2 Å². The molecular weight excluding hydrogens is 232 g/mol. The number of hydrogen-bond donors (Lipinski definition) is 0. The molecule has 0 amide bonds. The summed E-state index contributed by atoms with van der Waals surface area (Å²) in [4.78, 5) is 8.16. The van der Waals surface area contributed by atoms with Crippen molar-refractivity contribution in [2.24, 2.45) is 11.8 Å². The number of allylic oxidation sites excluding steroid dienone is 4. The van der Waals surface area contributed by atoms with Crippen LogP contribution >= 0.6 is 11.6 Å². The molecule has 0 N–H and O–H groups in total. The van der Waals surface area contributed by atoms with Crippen LogP contribution in [0.3, 0.4) is 0 Å². The monoisotopic (exact) mass is 251 g/mol. The minimum absolute atomic E-state index is 0.0556. The average Bonchev–Trinajstić information content (AvgIpc) is 2.37. The second-order valence-electron chi connectivity index (χ2n) is 4.52. The Morgan fingerprint density at radius 1 is 1.47 bits per heavy atom. The lowest BCUT2D eigenvalue weighted by molar-refractivity contribution is 0.298. The molecule has 3 heteroatoms. The zero-order chi connectivity index (χ0) is 15.0. The van der Waals surface area contributed by atoms with E-state index in [1.807, 2.05) is 26.0 Å². The van der Waals surface area contributed by atoms with Gasteiger partial charge in [0.2, 0.25) is 5.28 Å². The van der Waals surface area contributed by atoms with Crippen molar-refractivity contribution in [3.8, 4) is 0 Å². The summed E-state index contributed by atoms with van der Waals surface area (Å²) >= 11 is 5.89. The van der Waals surface area contributed by atoms with E-state index in [1.165, 1.54) is 0 Å². The second-order valence-corrected chi connectivity index (χ2v) is 4.86. The third-order valence-corrected chi connectivity index (χ3v) is 3.51. The number of rotatable bonds is 2. The van der Waals surface area contributed by atoms with E-state index in [9.17, 15) is 0 Å². The molecule has 0 fully saturated rings. The number of hydrogen-bond acceptors (Lipinski definition) is 2. The largest absolute Gasteiger partial charge is 0.227 e. The van der Waals surface area contributed by atoms with Crippen LogP contribution in [-0.2, 0) is 5.41 Å². The summed E-state index contributed by atoms with van der Waals surface area (Å²) in [6.07, 6.45) is 8.88. The van der Waals surface area contributed by atoms with Gasteiger partial charge in [0.15, 0.2) is 0 Å². The molecule has 2 rings (SSSR count). The van der Waals surface area contributed by atoms with Gasteiger partial charge in [-0.1, -0.05) is 45.0 Å².